The Balaban J connectivity index is 0.00000108. The van der Waals surface area contributed by atoms with Crippen LogP contribution in [0.4, 0.5) is 22.0 Å². The minimum Gasteiger partial charge on any atom is -0.339 e. The van der Waals surface area contributed by atoms with Crippen molar-refractivity contribution in [2.24, 2.45) is 23.2 Å². The van der Waals surface area contributed by atoms with Gasteiger partial charge in [0, 0.05) is 35.3 Å². The number of nitriles is 1. The van der Waals surface area contributed by atoms with Gasteiger partial charge in [-0.1, -0.05) is 46.2 Å². The number of carbonyl (C=O) groups is 3. The zero-order valence-electron chi connectivity index (χ0n) is 22.9. The van der Waals surface area contributed by atoms with E-state index in [1.165, 1.54) is 5.32 Å². The third-order valence-corrected chi connectivity index (χ3v) is 7.39. The number of alkyl halides is 3. The summed E-state index contributed by atoms with van der Waals surface area (Å²) in [5, 5.41) is 13.2. The lowest BCUT2D eigenvalue weighted by Crippen LogP contribution is -2.53. The minimum absolute atomic E-state index is 0.0165. The molecular formula is C27H29ClF5N5O3. The number of pyridine rings is 1. The molecule has 2 fully saturated rings. The molecule has 4 atom stereocenters. The monoisotopic (exact) mass is 601 g/mol. The molecule has 0 radical (unpaired) electrons. The van der Waals surface area contributed by atoms with Crippen LogP contribution in [0.15, 0.2) is 18.5 Å². The molecule has 1 aliphatic carbocycles. The summed E-state index contributed by atoms with van der Waals surface area (Å²) in [6.07, 6.45) is -3.00. The fraction of sp³-hybridized carbons (Fsp3) is 0.519. The maximum atomic E-state index is 14.3. The SMILES string of the molecule is CC(C)C.CC1(C)C2CN(C(=O)CNC(=O)C(F)(F)F)[C@H](C(=O)NC(C#N)c3cncc4c(F)c(F)cc(Cl)c34)C21. The van der Waals surface area contributed by atoms with E-state index in [-0.39, 0.29) is 45.2 Å². The van der Waals surface area contributed by atoms with Crippen molar-refractivity contribution in [2.75, 3.05) is 13.1 Å². The molecule has 3 unspecified atom stereocenters. The van der Waals surface area contributed by atoms with Gasteiger partial charge in [0.05, 0.1) is 17.6 Å². The first-order chi connectivity index (χ1) is 18.9. The molecule has 4 rings (SSSR count). The second kappa shape index (κ2) is 11.8. The number of nitrogens with zero attached hydrogens (tertiary/aromatic N) is 3. The Morgan fingerprint density at radius 2 is 1.83 bits per heavy atom. The first-order valence-corrected chi connectivity index (χ1v) is 13.1. The van der Waals surface area contributed by atoms with E-state index in [2.05, 4.69) is 31.1 Å². The summed E-state index contributed by atoms with van der Waals surface area (Å²) in [4.78, 5) is 42.0. The highest BCUT2D eigenvalue weighted by molar-refractivity contribution is 6.35. The number of aromatic nitrogens is 1. The molecule has 0 bridgehead atoms. The Morgan fingerprint density at radius 1 is 1.22 bits per heavy atom. The third-order valence-electron chi connectivity index (χ3n) is 7.10. The van der Waals surface area contributed by atoms with Crippen LogP contribution in [-0.2, 0) is 14.4 Å². The molecule has 14 heteroatoms. The highest BCUT2D eigenvalue weighted by Gasteiger charge is 2.69. The third kappa shape index (κ3) is 6.53. The molecule has 3 amide bonds. The number of rotatable bonds is 5. The Hall–Kier alpha value is -3.53. The van der Waals surface area contributed by atoms with Crippen LogP contribution >= 0.6 is 11.6 Å². The number of likely N-dealkylation sites (tertiary alicyclic amines) is 1. The molecular weight excluding hydrogens is 573 g/mol. The molecule has 1 aliphatic heterocycles. The van der Waals surface area contributed by atoms with E-state index < -0.39 is 54.2 Å². The summed E-state index contributed by atoms with van der Waals surface area (Å²) in [6.45, 7) is 9.32. The van der Waals surface area contributed by atoms with Gasteiger partial charge in [-0.25, -0.2) is 8.78 Å². The quantitative estimate of drug-likeness (QED) is 0.382. The highest BCUT2D eigenvalue weighted by Crippen LogP contribution is 2.64. The van der Waals surface area contributed by atoms with E-state index >= 15 is 0 Å². The first kappa shape index (κ1) is 32.0. The molecule has 2 aliphatic rings. The summed E-state index contributed by atoms with van der Waals surface area (Å²) in [6, 6.07) is -0.00734. The summed E-state index contributed by atoms with van der Waals surface area (Å²) in [7, 11) is 0. The van der Waals surface area contributed by atoms with Gasteiger partial charge in [-0.2, -0.15) is 18.4 Å². The maximum Gasteiger partial charge on any atom is 0.471 e. The van der Waals surface area contributed by atoms with Crippen molar-refractivity contribution in [1.82, 2.24) is 20.5 Å². The van der Waals surface area contributed by atoms with E-state index in [4.69, 9.17) is 11.6 Å². The lowest BCUT2D eigenvalue weighted by atomic mass is 9.98. The van der Waals surface area contributed by atoms with E-state index in [0.29, 0.717) is 0 Å². The van der Waals surface area contributed by atoms with Crippen LogP contribution < -0.4 is 10.6 Å². The molecule has 8 nitrogen and oxygen atoms in total. The zero-order valence-corrected chi connectivity index (χ0v) is 23.6. The Morgan fingerprint density at radius 3 is 2.39 bits per heavy atom. The Kier molecular flexibility index (Phi) is 9.17. The van der Waals surface area contributed by atoms with Gasteiger partial charge in [-0.3, -0.25) is 19.4 Å². The number of nitrogens with one attached hydrogen (secondary N) is 2. The number of hydrogen-bond acceptors (Lipinski definition) is 5. The molecule has 41 heavy (non-hydrogen) atoms. The van der Waals surface area contributed by atoms with E-state index in [0.717, 1.165) is 29.3 Å². The van der Waals surface area contributed by atoms with Crippen LogP contribution in [0.25, 0.3) is 10.8 Å². The van der Waals surface area contributed by atoms with Crippen LogP contribution in [0.5, 0.6) is 0 Å². The van der Waals surface area contributed by atoms with Crippen molar-refractivity contribution in [3.8, 4) is 6.07 Å². The van der Waals surface area contributed by atoms with Gasteiger partial charge in [0.1, 0.15) is 12.1 Å². The van der Waals surface area contributed by atoms with Crippen LogP contribution in [0, 0.1) is 46.1 Å². The maximum absolute atomic E-state index is 14.3. The lowest BCUT2D eigenvalue weighted by Gasteiger charge is -2.31. The number of piperidine rings is 1. The van der Waals surface area contributed by atoms with Crippen molar-refractivity contribution in [1.29, 1.82) is 5.26 Å². The number of amides is 3. The van der Waals surface area contributed by atoms with Crippen LogP contribution in [0.3, 0.4) is 0 Å². The van der Waals surface area contributed by atoms with E-state index in [1.54, 1.807) is 0 Å². The lowest BCUT2D eigenvalue weighted by molar-refractivity contribution is -0.174. The van der Waals surface area contributed by atoms with E-state index in [1.807, 2.05) is 19.9 Å². The fourth-order valence-corrected chi connectivity index (χ4v) is 5.42. The number of carbonyl (C=O) groups excluding carboxylic acids is 3. The van der Waals surface area contributed by atoms with Crippen molar-refractivity contribution >= 4 is 40.1 Å². The molecule has 1 saturated heterocycles. The van der Waals surface area contributed by atoms with Gasteiger partial charge in [-0.05, 0) is 29.2 Å². The smallest absolute Gasteiger partial charge is 0.339 e. The highest BCUT2D eigenvalue weighted by atomic mass is 35.5. The van der Waals surface area contributed by atoms with Gasteiger partial charge in [-0.15, -0.1) is 0 Å². The molecule has 1 aromatic heterocycles. The number of halogens is 6. The van der Waals surface area contributed by atoms with Crippen LogP contribution in [0.2, 0.25) is 5.02 Å². The van der Waals surface area contributed by atoms with Gasteiger partial charge >= 0.3 is 12.1 Å². The van der Waals surface area contributed by atoms with Gasteiger partial charge in [0.25, 0.3) is 0 Å². The predicted octanol–water partition coefficient (Wildman–Crippen LogP) is 4.67. The largest absolute Gasteiger partial charge is 0.471 e. The second-order valence-electron chi connectivity index (χ2n) is 11.2. The van der Waals surface area contributed by atoms with Crippen molar-refractivity contribution in [2.45, 2.75) is 52.9 Å². The van der Waals surface area contributed by atoms with Crippen LogP contribution in [0.1, 0.15) is 46.2 Å². The molecule has 222 valence electrons. The van der Waals surface area contributed by atoms with Gasteiger partial charge < -0.3 is 15.5 Å². The second-order valence-corrected chi connectivity index (χ2v) is 11.6. The Labute approximate surface area is 238 Å². The molecule has 2 N–H and O–H groups in total. The van der Waals surface area contributed by atoms with Crippen molar-refractivity contribution in [3.63, 3.8) is 0 Å². The predicted molar refractivity (Wildman–Crippen MR) is 139 cm³/mol. The minimum atomic E-state index is -5.18. The van der Waals surface area contributed by atoms with Gasteiger partial charge in [0.2, 0.25) is 11.8 Å². The van der Waals surface area contributed by atoms with Crippen molar-refractivity contribution < 1.29 is 36.3 Å². The normalized spacial score (nSPS) is 21.3. The average Bonchev–Trinajstić information content (AvgIpc) is 3.20. The Bertz CT molecular complexity index is 1410. The van der Waals surface area contributed by atoms with Gasteiger partial charge in [0.15, 0.2) is 11.6 Å². The van der Waals surface area contributed by atoms with Crippen molar-refractivity contribution in [3.05, 3.63) is 40.7 Å². The summed E-state index contributed by atoms with van der Waals surface area (Å²) in [5.74, 6) is -6.09. The van der Waals surface area contributed by atoms with E-state index in [9.17, 15) is 41.6 Å². The number of benzene rings is 1. The zero-order chi connectivity index (χ0) is 31.0. The molecule has 1 saturated carbocycles. The standard InChI is InChI=1S/C23H19ClF5N5O3.C4H10/c1-22(2)11-8-34(15(35)7-32-21(37)23(27,28)29)19(17(11)22)20(36)33-14(4-30)9-5-31-6-10-16(9)12(24)3-13(25)18(10)26;1-4(2)3/h3,5-6,11,14,17,19H,7-8H2,1-2H3,(H,32,37)(H,33,36);4H,1-3H3/t11?,14?,17?,19-;/m0./s1. The molecule has 2 heterocycles. The molecule has 0 spiro atoms. The number of fused-ring (bicyclic) bond motifs is 2. The summed E-state index contributed by atoms with van der Waals surface area (Å²) in [5.41, 5.74) is -0.377. The molecule has 1 aromatic carbocycles. The summed E-state index contributed by atoms with van der Waals surface area (Å²) < 4.78 is 65.6. The average molecular weight is 602 g/mol. The fourth-order valence-electron chi connectivity index (χ4n) is 5.11. The first-order valence-electron chi connectivity index (χ1n) is 12.7. The summed E-state index contributed by atoms with van der Waals surface area (Å²) >= 11 is 6.10. The number of hydrogen-bond donors (Lipinski definition) is 2. The topological polar surface area (TPSA) is 115 Å². The van der Waals surface area contributed by atoms with Crippen LogP contribution in [-0.4, -0.2) is 52.9 Å². The molecule has 2 aromatic rings.